The minimum absolute atomic E-state index is 0.0331. The average molecular weight is 283 g/mol. The highest BCUT2D eigenvalue weighted by atomic mass is 35.5. The van der Waals surface area contributed by atoms with E-state index >= 15 is 0 Å². The van der Waals surface area contributed by atoms with E-state index in [4.69, 9.17) is 11.6 Å². The summed E-state index contributed by atoms with van der Waals surface area (Å²) in [6.45, 7) is -1.46. The molecule has 0 spiro atoms. The van der Waals surface area contributed by atoms with Gasteiger partial charge in [0, 0.05) is 11.9 Å². The minimum atomic E-state index is -3.08. The fourth-order valence-corrected chi connectivity index (χ4v) is 1.55. The molecule has 0 heterocycles. The Morgan fingerprint density at radius 1 is 1.44 bits per heavy atom. The number of ether oxygens (including phenoxy) is 2. The molecule has 1 aromatic rings. The van der Waals surface area contributed by atoms with Gasteiger partial charge >= 0.3 is 12.6 Å². The van der Waals surface area contributed by atoms with Crippen LogP contribution in [-0.2, 0) is 10.6 Å². The summed E-state index contributed by atoms with van der Waals surface area (Å²) in [6, 6.07) is 1.77. The number of benzene rings is 1. The monoisotopic (exact) mass is 282 g/mol. The van der Waals surface area contributed by atoms with Gasteiger partial charge in [-0.15, -0.1) is 11.6 Å². The van der Waals surface area contributed by atoms with Crippen LogP contribution in [0.25, 0.3) is 0 Å². The molecule has 0 saturated heterocycles. The number of halogens is 4. The van der Waals surface area contributed by atoms with E-state index in [0.717, 1.165) is 6.07 Å². The second-order valence-corrected chi connectivity index (χ2v) is 3.44. The van der Waals surface area contributed by atoms with Crippen molar-refractivity contribution in [2.75, 3.05) is 6.61 Å². The summed E-state index contributed by atoms with van der Waals surface area (Å²) < 4.78 is 46.3. The molecule has 1 aromatic carbocycles. The van der Waals surface area contributed by atoms with Crippen molar-refractivity contribution in [3.05, 3.63) is 29.1 Å². The zero-order chi connectivity index (χ0) is 13.7. The van der Waals surface area contributed by atoms with Crippen molar-refractivity contribution >= 4 is 17.6 Å². The molecule has 0 saturated carbocycles. The fourth-order valence-electron chi connectivity index (χ4n) is 1.34. The Hall–Kier alpha value is -1.43. The van der Waals surface area contributed by atoms with Crippen LogP contribution < -0.4 is 4.74 Å². The van der Waals surface area contributed by atoms with Gasteiger partial charge in [0.2, 0.25) is 0 Å². The summed E-state index contributed by atoms with van der Waals surface area (Å²) in [4.78, 5) is 11.5. The van der Waals surface area contributed by atoms with E-state index in [9.17, 15) is 18.0 Å². The van der Waals surface area contributed by atoms with Gasteiger partial charge in [0.15, 0.2) is 0 Å². The van der Waals surface area contributed by atoms with Crippen LogP contribution in [0.3, 0.4) is 0 Å². The molecule has 0 fully saturated rings. The molecule has 0 aliphatic heterocycles. The van der Waals surface area contributed by atoms with Gasteiger partial charge in [-0.05, 0) is 18.6 Å². The van der Waals surface area contributed by atoms with Gasteiger partial charge in [0.25, 0.3) is 0 Å². The number of hydrogen-bond acceptors (Lipinski definition) is 3. The molecule has 0 atom stereocenters. The topological polar surface area (TPSA) is 35.5 Å². The average Bonchev–Trinajstić information content (AvgIpc) is 2.27. The third-order valence-corrected chi connectivity index (χ3v) is 2.28. The van der Waals surface area contributed by atoms with Crippen molar-refractivity contribution in [2.24, 2.45) is 0 Å². The van der Waals surface area contributed by atoms with Crippen molar-refractivity contribution in [3.63, 3.8) is 0 Å². The Bertz CT molecular complexity index is 438. The summed E-state index contributed by atoms with van der Waals surface area (Å²) in [6.07, 6.45) is 0. The molecular formula is C11H10ClF3O3. The largest absolute Gasteiger partial charge is 0.462 e. The standard InChI is InChI=1S/C11H10ClF3O3/c1-2-17-10(16)9-6(5-12)3-7(4-8(9)13)18-11(14)15/h3-4,11H,2,5H2,1H3. The number of carbonyl (C=O) groups excluding carboxylic acids is 1. The lowest BCUT2D eigenvalue weighted by molar-refractivity contribution is -0.0500. The number of carbonyl (C=O) groups is 1. The smallest absolute Gasteiger partial charge is 0.387 e. The van der Waals surface area contributed by atoms with Crippen LogP contribution in [0, 0.1) is 5.82 Å². The van der Waals surface area contributed by atoms with E-state index < -0.39 is 24.1 Å². The molecule has 0 aromatic heterocycles. The first-order valence-corrected chi connectivity index (χ1v) is 5.53. The van der Waals surface area contributed by atoms with Gasteiger partial charge in [0.05, 0.1) is 12.2 Å². The van der Waals surface area contributed by atoms with Gasteiger partial charge < -0.3 is 9.47 Å². The van der Waals surface area contributed by atoms with Crippen molar-refractivity contribution in [3.8, 4) is 5.75 Å². The molecule has 1 rings (SSSR count). The zero-order valence-electron chi connectivity index (χ0n) is 9.38. The first-order valence-electron chi connectivity index (χ1n) is 4.99. The first kappa shape index (κ1) is 14.6. The van der Waals surface area contributed by atoms with Crippen LogP contribution in [0.5, 0.6) is 5.75 Å². The van der Waals surface area contributed by atoms with E-state index in [1.54, 1.807) is 6.92 Å². The highest BCUT2D eigenvalue weighted by Crippen LogP contribution is 2.25. The van der Waals surface area contributed by atoms with E-state index in [1.807, 2.05) is 0 Å². The predicted octanol–water partition coefficient (Wildman–Crippen LogP) is 3.34. The van der Waals surface area contributed by atoms with Gasteiger partial charge in [-0.1, -0.05) is 0 Å². The van der Waals surface area contributed by atoms with Crippen LogP contribution in [0.15, 0.2) is 12.1 Å². The highest BCUT2D eigenvalue weighted by Gasteiger charge is 2.20. The number of hydrogen-bond donors (Lipinski definition) is 0. The van der Waals surface area contributed by atoms with E-state index in [0.29, 0.717) is 6.07 Å². The molecule has 0 amide bonds. The molecule has 0 bridgehead atoms. The molecule has 0 unspecified atom stereocenters. The molecule has 0 N–H and O–H groups in total. The maximum atomic E-state index is 13.6. The molecule has 0 aliphatic carbocycles. The summed E-state index contributed by atoms with van der Waals surface area (Å²) in [7, 11) is 0. The number of alkyl halides is 3. The van der Waals surface area contributed by atoms with Crippen molar-refractivity contribution < 1.29 is 27.4 Å². The zero-order valence-corrected chi connectivity index (χ0v) is 10.1. The van der Waals surface area contributed by atoms with Gasteiger partial charge in [-0.25, -0.2) is 9.18 Å². The quantitative estimate of drug-likeness (QED) is 0.614. The fraction of sp³-hybridized carbons (Fsp3) is 0.364. The second kappa shape index (κ2) is 6.49. The predicted molar refractivity (Wildman–Crippen MR) is 58.5 cm³/mol. The Morgan fingerprint density at radius 3 is 2.61 bits per heavy atom. The Morgan fingerprint density at radius 2 is 2.11 bits per heavy atom. The van der Waals surface area contributed by atoms with E-state index in [2.05, 4.69) is 9.47 Å². The van der Waals surface area contributed by atoms with Crippen molar-refractivity contribution in [1.29, 1.82) is 0 Å². The normalized spacial score (nSPS) is 10.6. The maximum Gasteiger partial charge on any atom is 0.387 e. The SMILES string of the molecule is CCOC(=O)c1c(F)cc(OC(F)F)cc1CCl. The first-order chi connectivity index (χ1) is 8.49. The maximum absolute atomic E-state index is 13.6. The van der Waals surface area contributed by atoms with Crippen LogP contribution in [0.1, 0.15) is 22.8 Å². The van der Waals surface area contributed by atoms with Crippen molar-refractivity contribution in [2.45, 2.75) is 19.4 Å². The van der Waals surface area contributed by atoms with Crippen LogP contribution in [0.4, 0.5) is 13.2 Å². The minimum Gasteiger partial charge on any atom is -0.462 e. The highest BCUT2D eigenvalue weighted by molar-refractivity contribution is 6.17. The summed E-state index contributed by atoms with van der Waals surface area (Å²) in [5.74, 6) is -2.53. The Balaban J connectivity index is 3.15. The molecule has 7 heteroatoms. The summed E-state index contributed by atoms with van der Waals surface area (Å²) >= 11 is 5.54. The molecule has 0 aliphatic rings. The molecular weight excluding hydrogens is 273 g/mol. The molecule has 0 radical (unpaired) electrons. The van der Waals surface area contributed by atoms with Gasteiger partial charge in [-0.3, -0.25) is 0 Å². The third-order valence-electron chi connectivity index (χ3n) is 1.99. The van der Waals surface area contributed by atoms with Crippen LogP contribution in [-0.4, -0.2) is 19.2 Å². The van der Waals surface area contributed by atoms with Gasteiger partial charge in [0.1, 0.15) is 11.6 Å². The van der Waals surface area contributed by atoms with Gasteiger partial charge in [-0.2, -0.15) is 8.78 Å². The van der Waals surface area contributed by atoms with E-state index in [1.165, 1.54) is 0 Å². The van der Waals surface area contributed by atoms with E-state index in [-0.39, 0.29) is 23.6 Å². The lowest BCUT2D eigenvalue weighted by Crippen LogP contribution is -2.11. The Labute approximate surface area is 106 Å². The Kier molecular flexibility index (Phi) is 5.27. The molecule has 100 valence electrons. The lowest BCUT2D eigenvalue weighted by Gasteiger charge is -2.11. The second-order valence-electron chi connectivity index (χ2n) is 3.17. The molecule has 18 heavy (non-hydrogen) atoms. The summed E-state index contributed by atoms with van der Waals surface area (Å²) in [5.41, 5.74) is -0.334. The van der Waals surface area contributed by atoms with Crippen LogP contribution in [0.2, 0.25) is 0 Å². The van der Waals surface area contributed by atoms with Crippen LogP contribution >= 0.6 is 11.6 Å². The molecule has 3 nitrogen and oxygen atoms in total. The summed E-state index contributed by atoms with van der Waals surface area (Å²) in [5, 5.41) is 0. The van der Waals surface area contributed by atoms with Crippen molar-refractivity contribution in [1.82, 2.24) is 0 Å². The third kappa shape index (κ3) is 3.53. The number of esters is 1. The lowest BCUT2D eigenvalue weighted by atomic mass is 10.1. The number of rotatable bonds is 5.